The summed E-state index contributed by atoms with van der Waals surface area (Å²) in [6, 6.07) is 8.00. The predicted octanol–water partition coefficient (Wildman–Crippen LogP) is 4.26. The average Bonchev–Trinajstić information content (AvgIpc) is 2.43. The van der Waals surface area contributed by atoms with Crippen molar-refractivity contribution in [1.82, 2.24) is 5.32 Å². The molecular weight excluding hydrogens is 287 g/mol. The molecule has 0 aliphatic rings. The summed E-state index contributed by atoms with van der Waals surface area (Å²) < 4.78 is 39.6. The SMILES string of the molecule is CNC(Cc1ccc(Cl)c(F)c1)c1ccc(F)c(F)c1. The second kappa shape index (κ2) is 6.29. The zero-order chi connectivity index (χ0) is 14.7. The molecule has 0 saturated heterocycles. The molecule has 106 valence electrons. The summed E-state index contributed by atoms with van der Waals surface area (Å²) >= 11 is 5.62. The molecule has 1 unspecified atom stereocenters. The Hall–Kier alpha value is -1.52. The quantitative estimate of drug-likeness (QED) is 0.889. The predicted molar refractivity (Wildman–Crippen MR) is 73.3 cm³/mol. The zero-order valence-electron chi connectivity index (χ0n) is 10.8. The Bertz CT molecular complexity index is 616. The third-order valence-corrected chi connectivity index (χ3v) is 3.42. The maximum atomic E-state index is 13.4. The van der Waals surface area contributed by atoms with E-state index in [-0.39, 0.29) is 11.1 Å². The van der Waals surface area contributed by atoms with E-state index >= 15 is 0 Å². The topological polar surface area (TPSA) is 12.0 Å². The van der Waals surface area contributed by atoms with Gasteiger partial charge in [-0.25, -0.2) is 13.2 Å². The van der Waals surface area contributed by atoms with Crippen molar-refractivity contribution < 1.29 is 13.2 Å². The van der Waals surface area contributed by atoms with Crippen LogP contribution in [0.2, 0.25) is 5.02 Å². The summed E-state index contributed by atoms with van der Waals surface area (Å²) in [6.45, 7) is 0. The fourth-order valence-electron chi connectivity index (χ4n) is 2.02. The number of likely N-dealkylation sites (N-methyl/N-ethyl adjacent to an activating group) is 1. The molecule has 0 saturated carbocycles. The van der Waals surface area contributed by atoms with E-state index < -0.39 is 17.5 Å². The molecule has 1 atom stereocenters. The van der Waals surface area contributed by atoms with Crippen LogP contribution >= 0.6 is 11.6 Å². The lowest BCUT2D eigenvalue weighted by Gasteiger charge is -2.17. The Morgan fingerprint density at radius 2 is 1.75 bits per heavy atom. The van der Waals surface area contributed by atoms with Gasteiger partial charge in [0, 0.05) is 6.04 Å². The van der Waals surface area contributed by atoms with Crippen molar-refractivity contribution in [3.8, 4) is 0 Å². The van der Waals surface area contributed by atoms with Crippen molar-refractivity contribution in [3.05, 3.63) is 70.0 Å². The summed E-state index contributed by atoms with van der Waals surface area (Å²) in [7, 11) is 1.71. The molecule has 0 amide bonds. The number of nitrogens with one attached hydrogen (secondary N) is 1. The van der Waals surface area contributed by atoms with Crippen LogP contribution < -0.4 is 5.32 Å². The smallest absolute Gasteiger partial charge is 0.159 e. The van der Waals surface area contributed by atoms with Crippen LogP contribution in [-0.2, 0) is 6.42 Å². The van der Waals surface area contributed by atoms with Crippen molar-refractivity contribution in [1.29, 1.82) is 0 Å². The van der Waals surface area contributed by atoms with Crippen LogP contribution in [0.4, 0.5) is 13.2 Å². The maximum Gasteiger partial charge on any atom is 0.159 e. The highest BCUT2D eigenvalue weighted by molar-refractivity contribution is 6.30. The van der Waals surface area contributed by atoms with Gasteiger partial charge in [-0.1, -0.05) is 23.7 Å². The Morgan fingerprint density at radius 1 is 1.00 bits per heavy atom. The molecule has 0 radical (unpaired) electrons. The molecule has 1 nitrogen and oxygen atoms in total. The summed E-state index contributed by atoms with van der Waals surface area (Å²) in [6.07, 6.45) is 0.440. The molecule has 2 rings (SSSR count). The van der Waals surface area contributed by atoms with Gasteiger partial charge in [0.25, 0.3) is 0 Å². The van der Waals surface area contributed by atoms with Crippen LogP contribution in [0.25, 0.3) is 0 Å². The summed E-state index contributed by atoms with van der Waals surface area (Å²) in [5.74, 6) is -2.28. The van der Waals surface area contributed by atoms with Gasteiger partial charge in [-0.15, -0.1) is 0 Å². The highest BCUT2D eigenvalue weighted by atomic mass is 35.5. The molecule has 0 fully saturated rings. The van der Waals surface area contributed by atoms with E-state index in [1.807, 2.05) is 0 Å². The van der Waals surface area contributed by atoms with Gasteiger partial charge >= 0.3 is 0 Å². The Balaban J connectivity index is 2.23. The van der Waals surface area contributed by atoms with E-state index in [9.17, 15) is 13.2 Å². The molecule has 20 heavy (non-hydrogen) atoms. The van der Waals surface area contributed by atoms with Crippen molar-refractivity contribution in [3.63, 3.8) is 0 Å². The number of hydrogen-bond acceptors (Lipinski definition) is 1. The Morgan fingerprint density at radius 3 is 2.35 bits per heavy atom. The highest BCUT2D eigenvalue weighted by Crippen LogP contribution is 2.22. The van der Waals surface area contributed by atoms with Crippen LogP contribution in [0.1, 0.15) is 17.2 Å². The minimum Gasteiger partial charge on any atom is -0.313 e. The molecule has 0 spiro atoms. The fourth-order valence-corrected chi connectivity index (χ4v) is 2.14. The number of halogens is 4. The van der Waals surface area contributed by atoms with Crippen LogP contribution in [0.15, 0.2) is 36.4 Å². The Labute approximate surface area is 120 Å². The second-order valence-corrected chi connectivity index (χ2v) is 4.87. The fraction of sp³-hybridized carbons (Fsp3) is 0.200. The highest BCUT2D eigenvalue weighted by Gasteiger charge is 2.13. The zero-order valence-corrected chi connectivity index (χ0v) is 11.5. The van der Waals surface area contributed by atoms with Crippen molar-refractivity contribution in [2.24, 2.45) is 0 Å². The van der Waals surface area contributed by atoms with Gasteiger partial charge < -0.3 is 5.32 Å². The molecule has 0 heterocycles. The molecule has 2 aromatic rings. The minimum absolute atomic E-state index is 0.0579. The lowest BCUT2D eigenvalue weighted by molar-refractivity contribution is 0.501. The lowest BCUT2D eigenvalue weighted by atomic mass is 9.99. The first-order valence-corrected chi connectivity index (χ1v) is 6.45. The third-order valence-electron chi connectivity index (χ3n) is 3.12. The van der Waals surface area contributed by atoms with Crippen molar-refractivity contribution >= 4 is 11.6 Å². The number of rotatable bonds is 4. The van der Waals surface area contributed by atoms with Gasteiger partial charge in [0.1, 0.15) is 5.82 Å². The molecular formula is C15H13ClF3N. The van der Waals surface area contributed by atoms with Gasteiger partial charge in [-0.05, 0) is 48.9 Å². The maximum absolute atomic E-state index is 13.4. The molecule has 0 aliphatic carbocycles. The minimum atomic E-state index is -0.898. The normalized spacial score (nSPS) is 12.4. The van der Waals surface area contributed by atoms with Crippen LogP contribution in [-0.4, -0.2) is 7.05 Å². The number of hydrogen-bond donors (Lipinski definition) is 1. The van der Waals surface area contributed by atoms with Gasteiger partial charge in [-0.2, -0.15) is 0 Å². The summed E-state index contributed by atoms with van der Waals surface area (Å²) in [4.78, 5) is 0. The third kappa shape index (κ3) is 3.32. The molecule has 5 heteroatoms. The van der Waals surface area contributed by atoms with E-state index in [1.165, 1.54) is 18.2 Å². The van der Waals surface area contributed by atoms with Gasteiger partial charge in [0.2, 0.25) is 0 Å². The van der Waals surface area contributed by atoms with E-state index in [1.54, 1.807) is 13.1 Å². The van der Waals surface area contributed by atoms with E-state index in [2.05, 4.69) is 5.32 Å². The van der Waals surface area contributed by atoms with E-state index in [0.717, 1.165) is 17.7 Å². The molecule has 2 aromatic carbocycles. The van der Waals surface area contributed by atoms with E-state index in [0.29, 0.717) is 12.0 Å². The molecule has 0 bridgehead atoms. The summed E-state index contributed by atoms with van der Waals surface area (Å²) in [5, 5.41) is 3.06. The average molecular weight is 300 g/mol. The first kappa shape index (κ1) is 14.9. The van der Waals surface area contributed by atoms with Crippen LogP contribution in [0.3, 0.4) is 0 Å². The van der Waals surface area contributed by atoms with Crippen LogP contribution in [0.5, 0.6) is 0 Å². The number of benzene rings is 2. The lowest BCUT2D eigenvalue weighted by Crippen LogP contribution is -2.19. The van der Waals surface area contributed by atoms with Crippen molar-refractivity contribution in [2.75, 3.05) is 7.05 Å². The summed E-state index contributed by atoms with van der Waals surface area (Å²) in [5.41, 5.74) is 1.32. The van der Waals surface area contributed by atoms with Crippen LogP contribution in [0, 0.1) is 17.5 Å². The first-order chi connectivity index (χ1) is 9.51. The van der Waals surface area contributed by atoms with Gasteiger partial charge in [0.05, 0.1) is 5.02 Å². The standard InChI is InChI=1S/C15H13ClF3N/c1-20-15(10-3-5-12(17)14(19)8-10)7-9-2-4-11(16)13(18)6-9/h2-6,8,15,20H,7H2,1H3. The largest absolute Gasteiger partial charge is 0.313 e. The molecule has 1 N–H and O–H groups in total. The molecule has 0 aromatic heterocycles. The van der Waals surface area contributed by atoms with Gasteiger partial charge in [-0.3, -0.25) is 0 Å². The monoisotopic (exact) mass is 299 g/mol. The molecule has 0 aliphatic heterocycles. The van der Waals surface area contributed by atoms with Crippen molar-refractivity contribution in [2.45, 2.75) is 12.5 Å². The Kier molecular flexibility index (Phi) is 4.68. The van der Waals surface area contributed by atoms with E-state index in [4.69, 9.17) is 11.6 Å². The van der Waals surface area contributed by atoms with Gasteiger partial charge in [0.15, 0.2) is 11.6 Å². The first-order valence-electron chi connectivity index (χ1n) is 6.07. The second-order valence-electron chi connectivity index (χ2n) is 4.47.